The van der Waals surface area contributed by atoms with Crippen molar-refractivity contribution in [3.63, 3.8) is 0 Å². The highest BCUT2D eigenvalue weighted by atomic mass is 19.4. The summed E-state index contributed by atoms with van der Waals surface area (Å²) < 4.78 is 42.2. The molecule has 2 unspecified atom stereocenters. The van der Waals surface area contributed by atoms with Crippen LogP contribution in [0.25, 0.3) is 0 Å². The smallest absolute Gasteiger partial charge is 0.405 e. The average Bonchev–Trinajstić information content (AvgIpc) is 2.69. The Morgan fingerprint density at radius 2 is 1.60 bits per heavy atom. The lowest BCUT2D eigenvalue weighted by Gasteiger charge is -2.48. The molecule has 2 aromatic rings. The largest absolute Gasteiger partial charge is 0.573 e. The van der Waals surface area contributed by atoms with E-state index in [1.165, 1.54) is 24.1 Å². The van der Waals surface area contributed by atoms with E-state index in [4.69, 9.17) is 0 Å². The van der Waals surface area contributed by atoms with E-state index < -0.39 is 6.36 Å². The number of carbonyl (C=O) groups is 1. The molecule has 2 bridgehead atoms. The summed E-state index contributed by atoms with van der Waals surface area (Å²) in [5.41, 5.74) is 1.58. The molecule has 3 nitrogen and oxygen atoms in total. The lowest BCUT2D eigenvalue weighted by molar-refractivity contribution is -0.274. The van der Waals surface area contributed by atoms with Gasteiger partial charge in [0.25, 0.3) is 0 Å². The predicted octanol–water partition coefficient (Wildman–Crippen LogP) is 5.53. The zero-order valence-electron chi connectivity index (χ0n) is 16.8. The van der Waals surface area contributed by atoms with Gasteiger partial charge in [-0.15, -0.1) is 13.2 Å². The van der Waals surface area contributed by atoms with Crippen LogP contribution >= 0.6 is 0 Å². The number of halogens is 3. The van der Waals surface area contributed by atoms with Gasteiger partial charge >= 0.3 is 6.36 Å². The van der Waals surface area contributed by atoms with Crippen molar-refractivity contribution in [3.05, 3.63) is 65.7 Å². The maximum atomic E-state index is 13.0. The van der Waals surface area contributed by atoms with Gasteiger partial charge in [-0.2, -0.15) is 0 Å². The highest BCUT2D eigenvalue weighted by Crippen LogP contribution is 2.39. The van der Waals surface area contributed by atoms with Crippen LogP contribution in [0.5, 0.6) is 5.75 Å². The standard InChI is InChI=1S/C24H26F3NO2/c25-24(26,27)30-23-12-5-4-9-18(23)15-22(29)19-13-20-10-6-11-21(14-19)28(20)16-17-7-2-1-3-8-17/h1-5,7-9,12,19-21H,6,10-11,13-16H2. The Morgan fingerprint density at radius 1 is 0.967 bits per heavy atom. The monoisotopic (exact) mass is 417 g/mol. The zero-order chi connectivity index (χ0) is 21.1. The summed E-state index contributed by atoms with van der Waals surface area (Å²) in [4.78, 5) is 15.6. The fraction of sp³-hybridized carbons (Fsp3) is 0.458. The Balaban J connectivity index is 1.43. The van der Waals surface area contributed by atoms with Gasteiger partial charge in [0.2, 0.25) is 0 Å². The topological polar surface area (TPSA) is 29.5 Å². The number of hydrogen-bond acceptors (Lipinski definition) is 3. The second kappa shape index (κ2) is 8.80. The second-order valence-corrected chi connectivity index (χ2v) is 8.36. The zero-order valence-corrected chi connectivity index (χ0v) is 16.8. The highest BCUT2D eigenvalue weighted by molar-refractivity contribution is 5.84. The van der Waals surface area contributed by atoms with Crippen molar-refractivity contribution in [2.45, 2.75) is 63.5 Å². The van der Waals surface area contributed by atoms with Crippen LogP contribution in [-0.4, -0.2) is 29.1 Å². The van der Waals surface area contributed by atoms with Crippen molar-refractivity contribution in [2.24, 2.45) is 5.92 Å². The lowest BCUT2D eigenvalue weighted by Crippen LogP contribution is -2.52. The van der Waals surface area contributed by atoms with Crippen LogP contribution in [0, 0.1) is 5.92 Å². The van der Waals surface area contributed by atoms with E-state index in [9.17, 15) is 18.0 Å². The SMILES string of the molecule is O=C(Cc1ccccc1OC(F)(F)F)C1CC2CCCC(C1)N2Cc1ccccc1. The van der Waals surface area contributed by atoms with Gasteiger partial charge in [-0.05, 0) is 37.3 Å². The molecule has 2 aliphatic rings. The number of ether oxygens (including phenoxy) is 1. The van der Waals surface area contributed by atoms with Crippen LogP contribution in [0.4, 0.5) is 13.2 Å². The normalized spacial score (nSPS) is 24.4. The highest BCUT2D eigenvalue weighted by Gasteiger charge is 2.40. The van der Waals surface area contributed by atoms with E-state index in [0.717, 1.165) is 32.2 Å². The number of hydrogen-bond donors (Lipinski definition) is 0. The van der Waals surface area contributed by atoms with Gasteiger partial charge < -0.3 is 4.74 Å². The summed E-state index contributed by atoms with van der Waals surface area (Å²) in [6.07, 6.45) is 0.0917. The number of piperidine rings is 2. The van der Waals surface area contributed by atoms with Crippen LogP contribution in [-0.2, 0) is 17.8 Å². The molecule has 0 radical (unpaired) electrons. The minimum Gasteiger partial charge on any atom is -0.405 e. The fourth-order valence-corrected chi connectivity index (χ4v) is 5.00. The maximum Gasteiger partial charge on any atom is 0.573 e. The molecule has 2 aliphatic heterocycles. The Morgan fingerprint density at radius 3 is 2.27 bits per heavy atom. The molecule has 0 saturated carbocycles. The van der Waals surface area contributed by atoms with Crippen LogP contribution in [0.3, 0.4) is 0 Å². The van der Waals surface area contributed by atoms with Gasteiger partial charge in [0.1, 0.15) is 11.5 Å². The van der Waals surface area contributed by atoms with E-state index >= 15 is 0 Å². The fourth-order valence-electron chi connectivity index (χ4n) is 5.00. The molecule has 0 aromatic heterocycles. The first-order chi connectivity index (χ1) is 14.4. The second-order valence-electron chi connectivity index (χ2n) is 8.36. The van der Waals surface area contributed by atoms with Gasteiger partial charge in [-0.25, -0.2) is 0 Å². The summed E-state index contributed by atoms with van der Waals surface area (Å²) in [7, 11) is 0. The van der Waals surface area contributed by atoms with E-state index in [1.54, 1.807) is 12.1 Å². The number of para-hydroxylation sites is 1. The Kier molecular flexibility index (Phi) is 6.14. The number of Topliss-reactive ketones (excluding diaryl/α,β-unsaturated/α-hetero) is 1. The number of alkyl halides is 3. The molecule has 0 aliphatic carbocycles. The molecule has 4 rings (SSSR count). The molecule has 2 saturated heterocycles. The predicted molar refractivity (Wildman–Crippen MR) is 108 cm³/mol. The third kappa shape index (κ3) is 5.04. The summed E-state index contributed by atoms with van der Waals surface area (Å²) in [6, 6.07) is 17.0. The minimum atomic E-state index is -4.76. The molecule has 160 valence electrons. The summed E-state index contributed by atoms with van der Waals surface area (Å²) in [5, 5.41) is 0. The average molecular weight is 417 g/mol. The first-order valence-electron chi connectivity index (χ1n) is 10.5. The summed E-state index contributed by atoms with van der Waals surface area (Å²) in [6.45, 7) is 0.888. The van der Waals surface area contributed by atoms with Gasteiger partial charge in [-0.1, -0.05) is 55.0 Å². The van der Waals surface area contributed by atoms with Crippen LogP contribution < -0.4 is 4.74 Å². The van der Waals surface area contributed by atoms with Gasteiger partial charge in [0.15, 0.2) is 0 Å². The van der Waals surface area contributed by atoms with Gasteiger partial charge in [0, 0.05) is 36.5 Å². The maximum absolute atomic E-state index is 13.0. The van der Waals surface area contributed by atoms with Crippen molar-refractivity contribution in [3.8, 4) is 5.75 Å². The Bertz CT molecular complexity index is 854. The lowest BCUT2D eigenvalue weighted by atomic mass is 9.75. The number of nitrogens with zero attached hydrogens (tertiary/aromatic N) is 1. The molecule has 2 heterocycles. The number of carbonyl (C=O) groups excluding carboxylic acids is 1. The molecule has 2 fully saturated rings. The Labute approximate surface area is 174 Å². The van der Waals surface area contributed by atoms with E-state index in [0.29, 0.717) is 17.6 Å². The van der Waals surface area contributed by atoms with Crippen molar-refractivity contribution in [2.75, 3.05) is 0 Å². The number of ketones is 1. The minimum absolute atomic E-state index is 0.0180. The van der Waals surface area contributed by atoms with Crippen LogP contribution in [0.1, 0.15) is 43.2 Å². The third-order valence-electron chi connectivity index (χ3n) is 6.35. The van der Waals surface area contributed by atoms with E-state index in [1.807, 2.05) is 18.2 Å². The summed E-state index contributed by atoms with van der Waals surface area (Å²) >= 11 is 0. The third-order valence-corrected chi connectivity index (χ3v) is 6.35. The van der Waals surface area contributed by atoms with Crippen molar-refractivity contribution >= 4 is 5.78 Å². The van der Waals surface area contributed by atoms with Crippen molar-refractivity contribution in [1.29, 1.82) is 0 Å². The van der Waals surface area contributed by atoms with Crippen LogP contribution in [0.2, 0.25) is 0 Å². The summed E-state index contributed by atoms with van der Waals surface area (Å²) in [5.74, 6) is -0.365. The molecular formula is C24H26F3NO2. The van der Waals surface area contributed by atoms with Crippen LogP contribution in [0.15, 0.2) is 54.6 Å². The first kappa shape index (κ1) is 20.9. The Hall–Kier alpha value is -2.34. The molecule has 0 N–H and O–H groups in total. The molecule has 0 spiro atoms. The molecule has 0 amide bonds. The first-order valence-corrected chi connectivity index (χ1v) is 10.5. The number of benzene rings is 2. The molecule has 2 aromatic carbocycles. The molecule has 6 heteroatoms. The molecular weight excluding hydrogens is 391 g/mol. The van der Waals surface area contributed by atoms with Gasteiger partial charge in [0.05, 0.1) is 0 Å². The van der Waals surface area contributed by atoms with E-state index in [2.05, 4.69) is 21.8 Å². The molecule has 30 heavy (non-hydrogen) atoms. The number of rotatable bonds is 6. The van der Waals surface area contributed by atoms with Gasteiger partial charge in [-0.3, -0.25) is 9.69 Å². The van der Waals surface area contributed by atoms with E-state index in [-0.39, 0.29) is 23.9 Å². The molecule has 2 atom stereocenters. The van der Waals surface area contributed by atoms with Crippen molar-refractivity contribution in [1.82, 2.24) is 4.90 Å². The quantitative estimate of drug-likeness (QED) is 0.619. The number of fused-ring (bicyclic) bond motifs is 2. The van der Waals surface area contributed by atoms with Crippen molar-refractivity contribution < 1.29 is 22.7 Å².